The van der Waals surface area contributed by atoms with Gasteiger partial charge in [0, 0.05) is 6.54 Å². The van der Waals surface area contributed by atoms with Gasteiger partial charge in [-0.25, -0.2) is 0 Å². The number of amides is 1. The van der Waals surface area contributed by atoms with Gasteiger partial charge in [-0.05, 0) is 43.2 Å². The maximum Gasteiger partial charge on any atom is 0.255 e. The van der Waals surface area contributed by atoms with Crippen molar-refractivity contribution in [3.8, 4) is 11.5 Å². The Morgan fingerprint density at radius 2 is 1.82 bits per heavy atom. The minimum Gasteiger partial charge on any atom is -0.497 e. The molecule has 22 heavy (non-hydrogen) atoms. The highest BCUT2D eigenvalue weighted by molar-refractivity contribution is 5.96. The molecule has 0 saturated carbocycles. The lowest BCUT2D eigenvalue weighted by atomic mass is 10.1. The largest absolute Gasteiger partial charge is 0.497 e. The summed E-state index contributed by atoms with van der Waals surface area (Å²) < 4.78 is 10.6. The fraction of sp³-hybridized carbons (Fsp3) is 0.278. The number of carbonyl (C=O) groups is 1. The first-order valence-electron chi connectivity index (χ1n) is 7.37. The molecular weight excluding hydrogens is 278 g/mol. The predicted molar refractivity (Wildman–Crippen MR) is 86.6 cm³/mol. The van der Waals surface area contributed by atoms with Gasteiger partial charge in [-0.3, -0.25) is 4.79 Å². The highest BCUT2D eigenvalue weighted by Crippen LogP contribution is 2.17. The number of benzene rings is 2. The molecule has 0 heterocycles. The van der Waals surface area contributed by atoms with Crippen LogP contribution in [-0.4, -0.2) is 26.2 Å². The van der Waals surface area contributed by atoms with Gasteiger partial charge in [-0.2, -0.15) is 0 Å². The highest BCUT2D eigenvalue weighted by atomic mass is 16.5. The van der Waals surface area contributed by atoms with Crippen LogP contribution < -0.4 is 14.8 Å². The molecule has 0 aliphatic rings. The molecule has 0 spiro atoms. The highest BCUT2D eigenvalue weighted by Gasteiger charge is 2.10. The van der Waals surface area contributed by atoms with Crippen LogP contribution in [0.15, 0.2) is 48.5 Å². The van der Waals surface area contributed by atoms with Crippen LogP contribution in [-0.2, 0) is 6.42 Å². The third-order valence-corrected chi connectivity index (χ3v) is 3.29. The molecule has 1 N–H and O–H groups in total. The topological polar surface area (TPSA) is 47.6 Å². The van der Waals surface area contributed by atoms with E-state index in [1.165, 1.54) is 0 Å². The number of hydrogen-bond acceptors (Lipinski definition) is 3. The van der Waals surface area contributed by atoms with E-state index in [9.17, 15) is 4.79 Å². The van der Waals surface area contributed by atoms with Gasteiger partial charge in [-0.15, -0.1) is 0 Å². The lowest BCUT2D eigenvalue weighted by Crippen LogP contribution is -2.26. The van der Waals surface area contributed by atoms with Crippen LogP contribution in [0.1, 0.15) is 22.8 Å². The van der Waals surface area contributed by atoms with Gasteiger partial charge < -0.3 is 14.8 Å². The molecule has 2 aromatic carbocycles. The molecule has 0 radical (unpaired) electrons. The fourth-order valence-electron chi connectivity index (χ4n) is 2.14. The van der Waals surface area contributed by atoms with Crippen LogP contribution in [0.2, 0.25) is 0 Å². The van der Waals surface area contributed by atoms with Gasteiger partial charge in [0.15, 0.2) is 0 Å². The number of carbonyl (C=O) groups excluding carboxylic acids is 1. The van der Waals surface area contributed by atoms with Crippen molar-refractivity contribution in [3.05, 3.63) is 59.7 Å². The SMILES string of the molecule is CCOc1ccccc1C(=O)NCCc1ccc(OC)cc1. The van der Waals surface area contributed by atoms with Crippen molar-refractivity contribution < 1.29 is 14.3 Å². The standard InChI is InChI=1S/C18H21NO3/c1-3-22-17-7-5-4-6-16(17)18(20)19-13-12-14-8-10-15(21-2)11-9-14/h4-11H,3,12-13H2,1-2H3,(H,19,20). The van der Waals surface area contributed by atoms with Crippen molar-refractivity contribution >= 4 is 5.91 Å². The van der Waals surface area contributed by atoms with Crippen LogP contribution in [0.4, 0.5) is 0 Å². The lowest BCUT2D eigenvalue weighted by Gasteiger charge is -2.10. The summed E-state index contributed by atoms with van der Waals surface area (Å²) in [7, 11) is 1.64. The Hall–Kier alpha value is -2.49. The van der Waals surface area contributed by atoms with Gasteiger partial charge in [0.05, 0.1) is 19.3 Å². The average Bonchev–Trinajstić information content (AvgIpc) is 2.56. The summed E-state index contributed by atoms with van der Waals surface area (Å²) in [5.41, 5.74) is 1.72. The second-order valence-corrected chi connectivity index (χ2v) is 4.78. The molecule has 0 saturated heterocycles. The monoisotopic (exact) mass is 299 g/mol. The van der Waals surface area contributed by atoms with E-state index >= 15 is 0 Å². The Morgan fingerprint density at radius 3 is 2.50 bits per heavy atom. The predicted octanol–water partition coefficient (Wildman–Crippen LogP) is 3.07. The number of para-hydroxylation sites is 1. The molecule has 0 aromatic heterocycles. The molecule has 2 aromatic rings. The minimum atomic E-state index is -0.113. The van der Waals surface area contributed by atoms with E-state index in [1.807, 2.05) is 49.4 Å². The molecule has 0 fully saturated rings. The number of ether oxygens (including phenoxy) is 2. The minimum absolute atomic E-state index is 0.113. The normalized spacial score (nSPS) is 10.1. The van der Waals surface area contributed by atoms with Crippen LogP contribution in [0.25, 0.3) is 0 Å². The maximum absolute atomic E-state index is 12.2. The average molecular weight is 299 g/mol. The Labute approximate surface area is 131 Å². The van der Waals surface area contributed by atoms with Gasteiger partial charge in [0.1, 0.15) is 11.5 Å². The lowest BCUT2D eigenvalue weighted by molar-refractivity contribution is 0.0950. The first-order chi connectivity index (χ1) is 10.7. The van der Waals surface area contributed by atoms with Gasteiger partial charge >= 0.3 is 0 Å². The Morgan fingerprint density at radius 1 is 1.09 bits per heavy atom. The number of nitrogens with one attached hydrogen (secondary N) is 1. The van der Waals surface area contributed by atoms with Crippen LogP contribution >= 0.6 is 0 Å². The Bertz CT molecular complexity index is 608. The molecule has 0 aliphatic heterocycles. The summed E-state index contributed by atoms with van der Waals surface area (Å²) in [6.45, 7) is 3.01. The number of hydrogen-bond donors (Lipinski definition) is 1. The fourth-order valence-corrected chi connectivity index (χ4v) is 2.14. The van der Waals surface area contributed by atoms with Crippen molar-refractivity contribution in [1.29, 1.82) is 0 Å². The van der Waals surface area contributed by atoms with Crippen molar-refractivity contribution in [2.45, 2.75) is 13.3 Å². The van der Waals surface area contributed by atoms with E-state index in [0.717, 1.165) is 17.7 Å². The Kier molecular flexibility index (Phi) is 5.83. The van der Waals surface area contributed by atoms with E-state index in [2.05, 4.69) is 5.32 Å². The molecule has 0 unspecified atom stereocenters. The zero-order valence-corrected chi connectivity index (χ0v) is 13.0. The number of methoxy groups -OCH3 is 1. The van der Waals surface area contributed by atoms with Crippen molar-refractivity contribution in [1.82, 2.24) is 5.32 Å². The molecule has 4 heteroatoms. The maximum atomic E-state index is 12.2. The summed E-state index contributed by atoms with van der Waals surface area (Å²) in [5, 5.41) is 2.92. The van der Waals surface area contributed by atoms with Crippen molar-refractivity contribution in [2.24, 2.45) is 0 Å². The summed E-state index contributed by atoms with van der Waals surface area (Å²) in [6, 6.07) is 15.1. The van der Waals surface area contributed by atoms with Crippen LogP contribution in [0.5, 0.6) is 11.5 Å². The van der Waals surface area contributed by atoms with Crippen molar-refractivity contribution in [2.75, 3.05) is 20.3 Å². The van der Waals surface area contributed by atoms with Gasteiger partial charge in [-0.1, -0.05) is 24.3 Å². The summed E-state index contributed by atoms with van der Waals surface area (Å²) in [6.07, 6.45) is 0.770. The van der Waals surface area contributed by atoms with Crippen LogP contribution in [0, 0.1) is 0 Å². The molecule has 4 nitrogen and oxygen atoms in total. The van der Waals surface area contributed by atoms with E-state index in [4.69, 9.17) is 9.47 Å². The van der Waals surface area contributed by atoms with Gasteiger partial charge in [0.25, 0.3) is 5.91 Å². The Balaban J connectivity index is 1.89. The quantitative estimate of drug-likeness (QED) is 0.854. The molecule has 0 bridgehead atoms. The summed E-state index contributed by atoms with van der Waals surface area (Å²) in [5.74, 6) is 1.34. The third-order valence-electron chi connectivity index (χ3n) is 3.29. The zero-order valence-electron chi connectivity index (χ0n) is 13.0. The second kappa shape index (κ2) is 8.08. The van der Waals surface area contributed by atoms with E-state index in [0.29, 0.717) is 24.5 Å². The van der Waals surface area contributed by atoms with Crippen molar-refractivity contribution in [3.63, 3.8) is 0 Å². The molecule has 0 atom stereocenters. The second-order valence-electron chi connectivity index (χ2n) is 4.78. The van der Waals surface area contributed by atoms with Gasteiger partial charge in [0.2, 0.25) is 0 Å². The first-order valence-corrected chi connectivity index (χ1v) is 7.37. The van der Waals surface area contributed by atoms with E-state index in [1.54, 1.807) is 13.2 Å². The third kappa shape index (κ3) is 4.25. The van der Waals surface area contributed by atoms with Crippen LogP contribution in [0.3, 0.4) is 0 Å². The molecule has 1 amide bonds. The summed E-state index contributed by atoms with van der Waals surface area (Å²) in [4.78, 5) is 12.2. The molecule has 2 rings (SSSR count). The molecular formula is C18H21NO3. The number of rotatable bonds is 7. The smallest absolute Gasteiger partial charge is 0.255 e. The summed E-state index contributed by atoms with van der Waals surface area (Å²) >= 11 is 0. The van der Waals surface area contributed by atoms with E-state index in [-0.39, 0.29) is 5.91 Å². The molecule has 0 aliphatic carbocycles. The first kappa shape index (κ1) is 15.9. The zero-order chi connectivity index (χ0) is 15.8. The van der Waals surface area contributed by atoms with E-state index < -0.39 is 0 Å². The molecule has 116 valence electrons.